The van der Waals surface area contributed by atoms with Crippen LogP contribution in [-0.2, 0) is 4.79 Å². The Morgan fingerprint density at radius 3 is 2.21 bits per heavy atom. The number of nitrogens with one attached hydrogen (secondary N) is 1. The van der Waals surface area contributed by atoms with E-state index in [4.69, 9.17) is 0 Å². The van der Waals surface area contributed by atoms with Crippen LogP contribution < -0.4 is 5.32 Å². The summed E-state index contributed by atoms with van der Waals surface area (Å²) >= 11 is 0. The summed E-state index contributed by atoms with van der Waals surface area (Å²) in [6.45, 7) is 1.75. The van der Waals surface area contributed by atoms with E-state index in [1.165, 1.54) is 19.3 Å². The highest BCUT2D eigenvalue weighted by Crippen LogP contribution is 2.48. The molecule has 2 aliphatic carbocycles. The Bertz CT molecular complexity index is 202. The fourth-order valence-corrected chi connectivity index (χ4v) is 3.29. The molecule has 2 bridgehead atoms. The maximum absolute atomic E-state index is 11.4. The van der Waals surface area contributed by atoms with E-state index < -0.39 is 0 Å². The van der Waals surface area contributed by atoms with E-state index in [2.05, 4.69) is 5.32 Å². The maximum atomic E-state index is 11.4. The summed E-state index contributed by atoms with van der Waals surface area (Å²) in [4.78, 5) is 11.4. The fourth-order valence-electron chi connectivity index (χ4n) is 3.29. The highest BCUT2D eigenvalue weighted by molar-refractivity contribution is 5.80. The van der Waals surface area contributed by atoms with Crippen LogP contribution in [0.1, 0.15) is 41.0 Å². The first kappa shape index (κ1) is 13.6. The van der Waals surface area contributed by atoms with Crippen molar-refractivity contribution in [1.82, 2.24) is 5.32 Å². The minimum absolute atomic E-state index is 0. The van der Waals surface area contributed by atoms with Gasteiger partial charge in [0, 0.05) is 12.0 Å². The number of Topliss-reactive ketones (excluding diaryl/α,β-unsaturated/α-hetero) is 1. The van der Waals surface area contributed by atoms with Gasteiger partial charge in [-0.3, -0.25) is 4.79 Å². The number of rotatable bonds is 2. The van der Waals surface area contributed by atoms with Crippen LogP contribution in [0.3, 0.4) is 0 Å². The van der Waals surface area contributed by atoms with Gasteiger partial charge in [-0.25, -0.2) is 0 Å². The van der Waals surface area contributed by atoms with Gasteiger partial charge in [0.15, 0.2) is 0 Å². The normalized spacial score (nSPS) is 38.7. The molecule has 2 fully saturated rings. The molecule has 2 aliphatic rings. The third-order valence-electron chi connectivity index (χ3n) is 3.72. The highest BCUT2D eigenvalue weighted by atomic mass is 16.1. The highest BCUT2D eigenvalue weighted by Gasteiger charge is 2.48. The predicted octanol–water partition coefficient (Wildman–Crippen LogP) is 2.48. The third-order valence-corrected chi connectivity index (χ3v) is 3.72. The van der Waals surface area contributed by atoms with Gasteiger partial charge in [0.1, 0.15) is 5.78 Å². The van der Waals surface area contributed by atoms with Gasteiger partial charge in [0.25, 0.3) is 0 Å². The van der Waals surface area contributed by atoms with Crippen molar-refractivity contribution in [1.29, 1.82) is 0 Å². The molecule has 0 saturated heterocycles. The zero-order valence-electron chi connectivity index (χ0n) is 7.84. The molecule has 0 aromatic carbocycles. The van der Waals surface area contributed by atoms with Crippen molar-refractivity contribution in [2.45, 2.75) is 47.1 Å². The van der Waals surface area contributed by atoms with Gasteiger partial charge in [-0.1, -0.05) is 14.9 Å². The minimum Gasteiger partial charge on any atom is -0.316 e. The molecular formula is C12H25NO. The Morgan fingerprint density at radius 2 is 1.79 bits per heavy atom. The van der Waals surface area contributed by atoms with Crippen molar-refractivity contribution in [2.75, 3.05) is 7.05 Å². The molecule has 0 aromatic heterocycles. The summed E-state index contributed by atoms with van der Waals surface area (Å²) in [5.74, 6) is 2.20. The molecule has 4 atom stereocenters. The van der Waals surface area contributed by atoms with Crippen LogP contribution in [0.5, 0.6) is 0 Å². The van der Waals surface area contributed by atoms with Gasteiger partial charge < -0.3 is 5.32 Å². The number of hydrogen-bond acceptors (Lipinski definition) is 2. The van der Waals surface area contributed by atoms with Crippen molar-refractivity contribution in [3.05, 3.63) is 0 Å². The second-order valence-electron chi connectivity index (χ2n) is 4.28. The number of hydrogen-bond donors (Lipinski definition) is 1. The summed E-state index contributed by atoms with van der Waals surface area (Å²) < 4.78 is 0. The van der Waals surface area contributed by atoms with E-state index in [-0.39, 0.29) is 14.9 Å². The molecule has 0 amide bonds. The van der Waals surface area contributed by atoms with Gasteiger partial charge >= 0.3 is 0 Å². The van der Waals surface area contributed by atoms with Gasteiger partial charge in [0.2, 0.25) is 0 Å². The molecule has 2 nitrogen and oxygen atoms in total. The largest absolute Gasteiger partial charge is 0.316 e. The third kappa shape index (κ3) is 1.85. The average Bonchev–Trinajstić information content (AvgIpc) is 2.60. The first-order chi connectivity index (χ1) is 5.74. The smallest absolute Gasteiger partial charge is 0.134 e. The molecule has 0 heterocycles. The number of fused-ring (bicyclic) bond motifs is 2. The standard InChI is InChI=1S/C10H17NO.2CH4/c1-6(12)9-7-3-4-8(5-7)10(9)11-2;;/h7-11H,3-5H2,1-2H3;2*1H4/t7-,8+,9-,10+;;/m1../s1. The summed E-state index contributed by atoms with van der Waals surface area (Å²) in [6.07, 6.45) is 3.91. The van der Waals surface area contributed by atoms with Gasteiger partial charge in [-0.2, -0.15) is 0 Å². The second kappa shape index (κ2) is 4.92. The van der Waals surface area contributed by atoms with Crippen molar-refractivity contribution >= 4 is 5.78 Å². The lowest BCUT2D eigenvalue weighted by Gasteiger charge is -2.28. The van der Waals surface area contributed by atoms with Crippen molar-refractivity contribution < 1.29 is 4.79 Å². The van der Waals surface area contributed by atoms with E-state index in [0.29, 0.717) is 23.7 Å². The molecular weight excluding hydrogens is 174 g/mol. The summed E-state index contributed by atoms with van der Waals surface area (Å²) in [5.41, 5.74) is 0. The van der Waals surface area contributed by atoms with Crippen molar-refractivity contribution in [3.8, 4) is 0 Å². The topological polar surface area (TPSA) is 29.1 Å². The molecule has 0 unspecified atom stereocenters. The zero-order chi connectivity index (χ0) is 8.72. The molecule has 84 valence electrons. The summed E-state index contributed by atoms with van der Waals surface area (Å²) in [7, 11) is 1.99. The van der Waals surface area contributed by atoms with Crippen LogP contribution in [-0.4, -0.2) is 18.9 Å². The van der Waals surface area contributed by atoms with Gasteiger partial charge in [-0.15, -0.1) is 0 Å². The SMILES string of the molecule is C.C.CN[C@H]1[C@H]2CC[C@H](C2)[C@H]1C(C)=O. The predicted molar refractivity (Wildman–Crippen MR) is 61.3 cm³/mol. The monoisotopic (exact) mass is 199 g/mol. The van der Waals surface area contributed by atoms with Crippen molar-refractivity contribution in [3.63, 3.8) is 0 Å². The lowest BCUT2D eigenvalue weighted by molar-refractivity contribution is -0.122. The molecule has 0 aromatic rings. The van der Waals surface area contributed by atoms with E-state index >= 15 is 0 Å². The fraction of sp³-hybridized carbons (Fsp3) is 0.917. The average molecular weight is 199 g/mol. The van der Waals surface area contributed by atoms with E-state index in [1.807, 2.05) is 7.05 Å². The van der Waals surface area contributed by atoms with Crippen LogP contribution in [0, 0.1) is 17.8 Å². The zero-order valence-corrected chi connectivity index (χ0v) is 7.84. The molecule has 14 heavy (non-hydrogen) atoms. The molecule has 2 rings (SSSR count). The van der Waals surface area contributed by atoms with Crippen LogP contribution in [0.15, 0.2) is 0 Å². The molecule has 2 heteroatoms. The number of carbonyl (C=O) groups is 1. The van der Waals surface area contributed by atoms with Crippen LogP contribution >= 0.6 is 0 Å². The Kier molecular flexibility index (Phi) is 4.79. The van der Waals surface area contributed by atoms with Gasteiger partial charge in [-0.05, 0) is 45.1 Å². The molecule has 0 spiro atoms. The molecule has 0 radical (unpaired) electrons. The number of carbonyl (C=O) groups excluding carboxylic acids is 1. The van der Waals surface area contributed by atoms with Crippen LogP contribution in [0.25, 0.3) is 0 Å². The van der Waals surface area contributed by atoms with E-state index in [9.17, 15) is 4.79 Å². The Hall–Kier alpha value is -0.370. The summed E-state index contributed by atoms with van der Waals surface area (Å²) in [5, 5.41) is 3.31. The summed E-state index contributed by atoms with van der Waals surface area (Å²) in [6, 6.07) is 0.487. The number of ketones is 1. The minimum atomic E-state index is 0. The van der Waals surface area contributed by atoms with Gasteiger partial charge in [0.05, 0.1) is 0 Å². The lowest BCUT2D eigenvalue weighted by atomic mass is 9.82. The Morgan fingerprint density at radius 1 is 1.21 bits per heavy atom. The molecule has 2 saturated carbocycles. The Balaban J connectivity index is 0.000000845. The van der Waals surface area contributed by atoms with E-state index in [0.717, 1.165) is 5.92 Å². The van der Waals surface area contributed by atoms with Crippen LogP contribution in [0.2, 0.25) is 0 Å². The second-order valence-corrected chi connectivity index (χ2v) is 4.28. The van der Waals surface area contributed by atoms with E-state index in [1.54, 1.807) is 6.92 Å². The van der Waals surface area contributed by atoms with Crippen molar-refractivity contribution in [2.24, 2.45) is 17.8 Å². The maximum Gasteiger partial charge on any atom is 0.134 e. The molecule has 0 aliphatic heterocycles. The first-order valence-electron chi connectivity index (χ1n) is 4.91. The molecule has 1 N–H and O–H groups in total. The first-order valence-corrected chi connectivity index (χ1v) is 4.91. The Labute approximate surface area is 88.5 Å². The lowest BCUT2D eigenvalue weighted by Crippen LogP contribution is -2.41. The quantitative estimate of drug-likeness (QED) is 0.740. The van der Waals surface area contributed by atoms with Crippen LogP contribution in [0.4, 0.5) is 0 Å².